The second-order valence-corrected chi connectivity index (χ2v) is 45.5. The highest BCUT2D eigenvalue weighted by atomic mass is 19.1. The van der Waals surface area contributed by atoms with Crippen LogP contribution in [0, 0.1) is 25.7 Å². The van der Waals surface area contributed by atoms with Gasteiger partial charge in [-0.2, -0.15) is 5.21 Å². The first-order valence-corrected chi connectivity index (χ1v) is 44.4. The lowest BCUT2D eigenvalue weighted by atomic mass is 9.86. The van der Waals surface area contributed by atoms with Crippen molar-refractivity contribution in [2.45, 2.75) is 378 Å². The van der Waals surface area contributed by atoms with E-state index in [0.717, 1.165) is 34.7 Å². The topological polar surface area (TPSA) is 179 Å². The maximum atomic E-state index is 13.1. The van der Waals surface area contributed by atoms with Gasteiger partial charge in [0.2, 0.25) is 0 Å². The molecule has 122 heavy (non-hydrogen) atoms. The Hall–Kier alpha value is -7.97. The van der Waals surface area contributed by atoms with Crippen LogP contribution in [0.5, 0.6) is 0 Å². The van der Waals surface area contributed by atoms with Crippen molar-refractivity contribution in [1.29, 1.82) is 0 Å². The van der Waals surface area contributed by atoms with E-state index < -0.39 is 0 Å². The van der Waals surface area contributed by atoms with Crippen molar-refractivity contribution in [2.24, 2.45) is 5.73 Å². The monoisotopic (exact) mass is 1670 g/mol. The van der Waals surface area contributed by atoms with Gasteiger partial charge in [0, 0.05) is 45.0 Å². The zero-order valence-electron chi connectivity index (χ0n) is 83.5. The van der Waals surface area contributed by atoms with E-state index in [0.29, 0.717) is 18.4 Å². The number of H-pyrrole nitrogens is 1. The van der Waals surface area contributed by atoms with Crippen molar-refractivity contribution < 1.29 is 8.81 Å². The van der Waals surface area contributed by atoms with Gasteiger partial charge in [-0.3, -0.25) is 20.9 Å². The molecule has 0 bridgehead atoms. The lowest BCUT2D eigenvalue weighted by Gasteiger charge is -2.29. The number of hydrogen-bond donors (Lipinski definition) is 8. The van der Waals surface area contributed by atoms with E-state index in [9.17, 15) is 4.39 Å². The molecule has 0 radical (unpaired) electrons. The molecule has 9 rings (SSSR count). The normalized spacial score (nSPS) is 14.1. The molecule has 9 N–H and O–H groups in total. The summed E-state index contributed by atoms with van der Waals surface area (Å²) in [6.45, 7) is 85.2. The average molecular weight is 1670 g/mol. The SMILES string of the molecule is CC#CC(NC(C)(C)C)c1ccc(C(C)(C)C)cc1.CC(C)(C)NC(CCN)c1ccc(C(C)(C)C)cc1.CC(C)(C)NC(CF)c1ccc(C(C)(C)C)cc1.CC(C)(C)NC(c1ccc(C(C)(C)C)cc1)c1nn[nH]n1.Cc1cccc(C(NC(C)(C)C)c2ccc(C(C)(C)C)cc2)n1.Cc1ccoc1C(NC(C)(C)C)c1ccc(C(C)(C)C)cc1. The third-order valence-electron chi connectivity index (χ3n) is 20.2. The van der Waals surface area contributed by atoms with E-state index in [2.05, 4.69) is 466 Å². The minimum atomic E-state index is -0.383. The molecule has 6 aromatic carbocycles. The molecular weight excluding hydrogens is 1500 g/mol. The van der Waals surface area contributed by atoms with Gasteiger partial charge in [-0.1, -0.05) is 287 Å². The van der Waals surface area contributed by atoms with Crippen molar-refractivity contribution in [1.82, 2.24) is 57.5 Å². The van der Waals surface area contributed by atoms with E-state index >= 15 is 0 Å². The molecule has 0 aliphatic rings. The number of alkyl halides is 1. The average Bonchev–Trinajstić information content (AvgIpc) is 1.57. The van der Waals surface area contributed by atoms with Crippen LogP contribution in [0.3, 0.4) is 0 Å². The van der Waals surface area contributed by atoms with Crippen LogP contribution >= 0.6 is 0 Å². The van der Waals surface area contributed by atoms with Gasteiger partial charge in [-0.25, -0.2) is 4.39 Å². The summed E-state index contributed by atoms with van der Waals surface area (Å²) in [6.07, 6.45) is 2.73. The number of halogens is 1. The number of pyridine rings is 1. The number of nitrogens with zero attached hydrogens (tertiary/aromatic N) is 4. The Labute approximate surface area is 742 Å². The van der Waals surface area contributed by atoms with Crippen LogP contribution in [0.25, 0.3) is 0 Å². The first-order chi connectivity index (χ1) is 55.7. The number of furan rings is 1. The summed E-state index contributed by atoms with van der Waals surface area (Å²) in [6, 6.07) is 61.0. The lowest BCUT2D eigenvalue weighted by Crippen LogP contribution is -2.39. The fourth-order valence-corrected chi connectivity index (χ4v) is 13.6. The maximum Gasteiger partial charge on any atom is 0.195 e. The Morgan fingerprint density at radius 2 is 0.680 bits per heavy atom. The van der Waals surface area contributed by atoms with Gasteiger partial charge >= 0.3 is 0 Å². The van der Waals surface area contributed by atoms with Crippen molar-refractivity contribution in [3.63, 3.8) is 0 Å². The summed E-state index contributed by atoms with van der Waals surface area (Å²) >= 11 is 0. The first kappa shape index (κ1) is 106. The number of nitrogens with one attached hydrogen (secondary N) is 7. The molecule has 9 aromatic rings. The predicted molar refractivity (Wildman–Crippen MR) is 522 cm³/mol. The Morgan fingerprint density at radius 1 is 0.369 bits per heavy atom. The van der Waals surface area contributed by atoms with Crippen molar-refractivity contribution in [3.8, 4) is 11.8 Å². The van der Waals surface area contributed by atoms with Crippen LogP contribution < -0.4 is 37.6 Å². The molecule has 0 fully saturated rings. The molecule has 0 spiro atoms. The van der Waals surface area contributed by atoms with Gasteiger partial charge in [0.1, 0.15) is 12.4 Å². The summed E-state index contributed by atoms with van der Waals surface area (Å²) in [4.78, 5) is 4.74. The van der Waals surface area contributed by atoms with Crippen molar-refractivity contribution in [3.05, 3.63) is 271 Å². The van der Waals surface area contributed by atoms with Gasteiger partial charge in [0.05, 0.1) is 42.2 Å². The van der Waals surface area contributed by atoms with E-state index in [1.54, 1.807) is 6.26 Å². The molecule has 14 heteroatoms. The van der Waals surface area contributed by atoms with Gasteiger partial charge < -0.3 is 26.1 Å². The van der Waals surface area contributed by atoms with E-state index in [-0.39, 0.29) is 103 Å². The van der Waals surface area contributed by atoms with Crippen LogP contribution in [0.4, 0.5) is 4.39 Å². The fraction of sp³-hybridized carbons (Fsp3) is 0.556. The van der Waals surface area contributed by atoms with E-state index in [1.165, 1.54) is 61.2 Å². The molecule has 0 saturated carbocycles. The number of aromatic amines is 1. The molecule has 0 amide bonds. The van der Waals surface area contributed by atoms with E-state index in [1.807, 2.05) is 38.1 Å². The van der Waals surface area contributed by atoms with Gasteiger partial charge in [0.15, 0.2) is 5.82 Å². The summed E-state index contributed by atoms with van der Waals surface area (Å²) < 4.78 is 18.9. The molecule has 3 aromatic heterocycles. The maximum absolute atomic E-state index is 13.1. The van der Waals surface area contributed by atoms with Gasteiger partial charge in [0.25, 0.3) is 0 Å². The van der Waals surface area contributed by atoms with Crippen molar-refractivity contribution >= 4 is 0 Å². The highest BCUT2D eigenvalue weighted by Gasteiger charge is 2.30. The Kier molecular flexibility index (Phi) is 38.6. The van der Waals surface area contributed by atoms with Gasteiger partial charge in [-0.05, 0) is 281 Å². The Bertz CT molecular complexity index is 4540. The number of hydrogen-bond acceptors (Lipinski definition) is 12. The predicted octanol–water partition coefficient (Wildman–Crippen LogP) is 26.1. The zero-order chi connectivity index (χ0) is 92.8. The standard InChI is InChI=1S/C21H30N2.C20H29NO.C18H27N.C17H30N2.C16H26FN.C16H25N5/c1-15-9-8-10-18(22-15)19(23-21(5,6)7)16-11-13-17(14-12-16)20(2,3)4;1-14-12-13-22-18(14)17(21-20(5,6)7)15-8-10-16(11-9-15)19(2,3)4;1-8-9-16(19-18(5,6)7)14-10-12-15(13-11-14)17(2,3)4;1-16(2,3)14-9-7-13(8-10-14)15(11-12-18)19-17(4,5)6;1-15(2,3)13-9-7-12(8-10-13)14(11-17)18-16(4,5)6;1-15(2,3)12-9-7-11(8-10-12)13(17-16(4,5)6)14-18-20-21-19-14/h8-14,19,23H,1-7H3;8-13,17,21H,1-7H3;10-13,16,19H,1-7H3;7-10,15,19H,11-12,18H2,1-6H3;7-10,14,18H,11H2,1-6H3;7-10,13,17H,1-6H3,(H,18,19,20,21). The number of aryl methyl sites for hydroxylation is 2. The number of tetrazole rings is 1. The van der Waals surface area contributed by atoms with Gasteiger partial charge in [-0.15, -0.1) is 16.1 Å². The van der Waals surface area contributed by atoms with Crippen molar-refractivity contribution in [2.75, 3.05) is 13.2 Å². The quantitative estimate of drug-likeness (QED) is 0.0382. The Balaban J connectivity index is 0.000000308. The highest BCUT2D eigenvalue weighted by molar-refractivity contribution is 5.39. The highest BCUT2D eigenvalue weighted by Crippen LogP contribution is 2.35. The van der Waals surface area contributed by atoms with Crippen LogP contribution in [0.1, 0.15) is 394 Å². The number of aromatic nitrogens is 5. The van der Waals surface area contributed by atoms with E-state index in [4.69, 9.17) is 15.1 Å². The number of rotatable bonds is 18. The molecule has 672 valence electrons. The fourth-order valence-electron chi connectivity index (χ4n) is 13.6. The minimum Gasteiger partial charge on any atom is -0.467 e. The summed E-state index contributed by atoms with van der Waals surface area (Å²) in [7, 11) is 0. The molecule has 13 nitrogen and oxygen atoms in total. The molecular formula is C108H167FN12O. The third-order valence-corrected chi connectivity index (χ3v) is 20.2. The zero-order valence-corrected chi connectivity index (χ0v) is 83.5. The molecule has 0 aliphatic carbocycles. The van der Waals surface area contributed by atoms with Crippen LogP contribution in [-0.4, -0.2) is 72.1 Å². The summed E-state index contributed by atoms with van der Waals surface area (Å²) in [5, 5.41) is 35.9. The smallest absolute Gasteiger partial charge is 0.195 e. The number of nitrogens with two attached hydrogens (primary N) is 1. The largest absolute Gasteiger partial charge is 0.467 e. The van der Waals surface area contributed by atoms with Crippen LogP contribution in [0.15, 0.2) is 181 Å². The molecule has 6 atom stereocenters. The van der Waals surface area contributed by atoms with Crippen LogP contribution in [0.2, 0.25) is 0 Å². The summed E-state index contributed by atoms with van der Waals surface area (Å²) in [5.74, 6) is 7.93. The number of benzene rings is 6. The molecule has 3 heterocycles. The van der Waals surface area contributed by atoms with Crippen LogP contribution in [-0.2, 0) is 32.5 Å². The first-order valence-electron chi connectivity index (χ1n) is 44.4. The third kappa shape index (κ3) is 38.7. The minimum absolute atomic E-state index is 0.00654. The lowest BCUT2D eigenvalue weighted by molar-refractivity contribution is 0.306. The molecule has 0 aliphatic heterocycles. The Morgan fingerprint density at radius 3 is 0.975 bits per heavy atom. The second-order valence-electron chi connectivity index (χ2n) is 45.5. The second kappa shape index (κ2) is 44.3. The molecule has 0 saturated heterocycles. The summed E-state index contributed by atoms with van der Waals surface area (Å²) in [5.41, 5.74) is 25.4. The molecule has 6 unspecified atom stereocenters.